The van der Waals surface area contributed by atoms with E-state index in [-0.39, 0.29) is 0 Å². The van der Waals surface area contributed by atoms with Crippen LogP contribution in [0.15, 0.2) is 0 Å². The molecule has 0 saturated heterocycles. The van der Waals surface area contributed by atoms with E-state index in [2.05, 4.69) is 6.92 Å². The maximum atomic E-state index is 11.4. The van der Waals surface area contributed by atoms with E-state index in [1.165, 1.54) is 0 Å². The predicted octanol–water partition coefficient (Wildman–Crippen LogP) is 2.25. The van der Waals surface area contributed by atoms with Gasteiger partial charge in [0.1, 0.15) is 0 Å². The lowest BCUT2D eigenvalue weighted by Crippen LogP contribution is -2.47. The molecule has 15 heavy (non-hydrogen) atoms. The molecule has 0 bridgehead atoms. The lowest BCUT2D eigenvalue weighted by molar-refractivity contribution is -0.352. The number of aliphatic hydroxyl groups excluding tert-OH is 1. The summed E-state index contributed by atoms with van der Waals surface area (Å²) in [5.74, 6) is -5.40. The maximum Gasteiger partial charge on any atom is 0.454 e. The zero-order valence-corrected chi connectivity index (χ0v) is 7.86. The fraction of sp³-hybridized carbons (Fsp3) is 1.00. The van der Waals surface area contributed by atoms with Gasteiger partial charge in [-0.25, -0.2) is 8.78 Å². The minimum atomic E-state index is -5.94. The summed E-state index contributed by atoms with van der Waals surface area (Å²) in [5, 5.41) is 15.5. The second-order valence-corrected chi connectivity index (χ2v) is 2.55. The number of hydrogen-bond acceptors (Lipinski definition) is 2. The molecule has 0 aromatic carbocycles. The van der Waals surface area contributed by atoms with Crippen LogP contribution < -0.4 is 0 Å². The number of aliphatic hydroxyl groups is 2. The van der Waals surface area contributed by atoms with Crippen molar-refractivity contribution in [3.8, 4) is 0 Å². The zero-order chi connectivity index (χ0) is 12.7. The van der Waals surface area contributed by atoms with Gasteiger partial charge in [-0.15, -0.1) is 0 Å². The molecule has 1 atom stereocenters. The van der Waals surface area contributed by atoms with Crippen molar-refractivity contribution >= 4 is 0 Å². The summed E-state index contributed by atoms with van der Waals surface area (Å²) in [6, 6.07) is 0. The van der Waals surface area contributed by atoms with Gasteiger partial charge in [0.15, 0.2) is 0 Å². The van der Waals surface area contributed by atoms with Crippen molar-refractivity contribution in [3.05, 3.63) is 0 Å². The minimum absolute atomic E-state index is 0.344. The Morgan fingerprint density at radius 2 is 1.53 bits per heavy atom. The molecule has 0 rings (SSSR count). The van der Waals surface area contributed by atoms with Crippen molar-refractivity contribution < 1.29 is 36.6 Å². The second-order valence-electron chi connectivity index (χ2n) is 2.55. The molecule has 2 N–H and O–H groups in total. The molecule has 0 aromatic rings. The Labute approximate surface area is 82.5 Å². The van der Waals surface area contributed by atoms with Crippen LogP contribution in [-0.4, -0.2) is 35.3 Å². The van der Waals surface area contributed by atoms with E-state index in [0.717, 1.165) is 12.8 Å². The minimum Gasteiger partial charge on any atom is -0.396 e. The summed E-state index contributed by atoms with van der Waals surface area (Å²) >= 11 is 0. The van der Waals surface area contributed by atoms with Crippen LogP contribution in [0.3, 0.4) is 0 Å². The fourth-order valence-electron chi connectivity index (χ4n) is 0.282. The highest BCUT2D eigenvalue weighted by Gasteiger charge is 2.62. The van der Waals surface area contributed by atoms with Gasteiger partial charge in [0, 0.05) is 6.61 Å². The third-order valence-electron chi connectivity index (χ3n) is 1.20. The van der Waals surface area contributed by atoms with Crippen molar-refractivity contribution in [2.45, 2.75) is 38.2 Å². The van der Waals surface area contributed by atoms with Crippen LogP contribution in [0.4, 0.5) is 26.3 Å². The number of rotatable bonds is 3. The van der Waals surface area contributed by atoms with Crippen molar-refractivity contribution in [3.63, 3.8) is 0 Å². The lowest BCUT2D eigenvalue weighted by Gasteiger charge is -2.20. The standard InChI is InChI=1S/C4H10O.C3H2F6O/c1-2-3-4-5;4-1(5)2(6,10)3(7,8)9/h5H,2-4H2,1H3;1,10H. The van der Waals surface area contributed by atoms with Gasteiger partial charge < -0.3 is 10.2 Å². The first kappa shape index (κ1) is 16.9. The molecule has 94 valence electrons. The van der Waals surface area contributed by atoms with Gasteiger partial charge in [-0.3, -0.25) is 0 Å². The average molecular weight is 242 g/mol. The van der Waals surface area contributed by atoms with Crippen molar-refractivity contribution in [1.29, 1.82) is 0 Å². The Morgan fingerprint density at radius 3 is 1.53 bits per heavy atom. The number of halogens is 6. The average Bonchev–Trinajstić information content (AvgIpc) is 2.04. The van der Waals surface area contributed by atoms with Gasteiger partial charge in [-0.1, -0.05) is 13.3 Å². The molecule has 0 aliphatic carbocycles. The van der Waals surface area contributed by atoms with Crippen LogP contribution in [0, 0.1) is 0 Å². The van der Waals surface area contributed by atoms with E-state index in [1.807, 2.05) is 0 Å². The smallest absolute Gasteiger partial charge is 0.396 e. The largest absolute Gasteiger partial charge is 0.454 e. The van der Waals surface area contributed by atoms with Gasteiger partial charge >= 0.3 is 18.5 Å². The Morgan fingerprint density at radius 1 is 1.13 bits per heavy atom. The zero-order valence-electron chi connectivity index (χ0n) is 7.86. The Hall–Kier alpha value is -0.500. The van der Waals surface area contributed by atoms with Crippen LogP contribution in [-0.2, 0) is 0 Å². The van der Waals surface area contributed by atoms with Crippen LogP contribution >= 0.6 is 0 Å². The summed E-state index contributed by atoms with van der Waals surface area (Å²) in [6.07, 6.45) is -8.38. The summed E-state index contributed by atoms with van der Waals surface area (Å²) in [5.41, 5.74) is 0. The topological polar surface area (TPSA) is 40.5 Å². The van der Waals surface area contributed by atoms with E-state index in [0.29, 0.717) is 6.61 Å². The third kappa shape index (κ3) is 6.56. The quantitative estimate of drug-likeness (QED) is 0.745. The monoisotopic (exact) mass is 242 g/mol. The molecule has 0 aromatic heterocycles. The SMILES string of the molecule is CCCCO.OC(F)(C(F)F)C(F)(F)F. The third-order valence-corrected chi connectivity index (χ3v) is 1.20. The number of unbranched alkanes of at least 4 members (excludes halogenated alkanes) is 1. The predicted molar refractivity (Wildman–Crippen MR) is 40.1 cm³/mol. The van der Waals surface area contributed by atoms with Crippen molar-refractivity contribution in [2.75, 3.05) is 6.61 Å². The second kappa shape index (κ2) is 6.89. The summed E-state index contributed by atoms with van der Waals surface area (Å²) < 4.78 is 66.3. The first-order valence-electron chi connectivity index (χ1n) is 3.98. The van der Waals surface area contributed by atoms with Crippen LogP contribution in [0.25, 0.3) is 0 Å². The van der Waals surface area contributed by atoms with E-state index < -0.39 is 18.5 Å². The molecule has 0 aliphatic heterocycles. The summed E-state index contributed by atoms with van der Waals surface area (Å²) in [4.78, 5) is 0. The van der Waals surface area contributed by atoms with E-state index in [4.69, 9.17) is 10.2 Å². The molecule has 1 unspecified atom stereocenters. The fourth-order valence-corrected chi connectivity index (χ4v) is 0.282. The van der Waals surface area contributed by atoms with Crippen LogP contribution in [0.5, 0.6) is 0 Å². The van der Waals surface area contributed by atoms with Crippen molar-refractivity contribution in [1.82, 2.24) is 0 Å². The maximum absolute atomic E-state index is 11.4. The molecule has 8 heteroatoms. The molecule has 0 radical (unpaired) electrons. The molecular formula is C7H12F6O2. The molecule has 0 aliphatic rings. The molecule has 0 saturated carbocycles. The summed E-state index contributed by atoms with van der Waals surface area (Å²) in [7, 11) is 0. The molecule has 0 amide bonds. The summed E-state index contributed by atoms with van der Waals surface area (Å²) in [6.45, 7) is 2.40. The Balaban J connectivity index is 0. The van der Waals surface area contributed by atoms with Gasteiger partial charge in [0.2, 0.25) is 0 Å². The molecule has 0 heterocycles. The van der Waals surface area contributed by atoms with Crippen LogP contribution in [0.1, 0.15) is 19.8 Å². The van der Waals surface area contributed by atoms with E-state index in [1.54, 1.807) is 0 Å². The Kier molecular flexibility index (Phi) is 7.77. The normalized spacial score (nSPS) is 15.6. The lowest BCUT2D eigenvalue weighted by atomic mass is 10.3. The number of alkyl halides is 6. The highest BCUT2D eigenvalue weighted by molar-refractivity contribution is 4.76. The van der Waals surface area contributed by atoms with Gasteiger partial charge in [0.05, 0.1) is 0 Å². The first-order valence-corrected chi connectivity index (χ1v) is 3.98. The van der Waals surface area contributed by atoms with Crippen LogP contribution in [0.2, 0.25) is 0 Å². The van der Waals surface area contributed by atoms with Gasteiger partial charge in [-0.2, -0.15) is 17.6 Å². The highest BCUT2D eigenvalue weighted by Crippen LogP contribution is 2.36. The van der Waals surface area contributed by atoms with E-state index in [9.17, 15) is 26.3 Å². The van der Waals surface area contributed by atoms with E-state index >= 15 is 0 Å². The molecular weight excluding hydrogens is 230 g/mol. The van der Waals surface area contributed by atoms with Gasteiger partial charge in [0.25, 0.3) is 0 Å². The molecule has 0 fully saturated rings. The first-order chi connectivity index (χ1) is 6.61. The highest BCUT2D eigenvalue weighted by atomic mass is 19.4. The van der Waals surface area contributed by atoms with Crippen molar-refractivity contribution in [2.24, 2.45) is 0 Å². The number of hydrogen-bond donors (Lipinski definition) is 2. The molecule has 0 spiro atoms. The Bertz CT molecular complexity index is 154. The van der Waals surface area contributed by atoms with Gasteiger partial charge in [-0.05, 0) is 6.42 Å². The molecule has 2 nitrogen and oxygen atoms in total.